The maximum absolute atomic E-state index is 5.28. The molecular formula is C33H48N4. The highest BCUT2D eigenvalue weighted by Gasteiger charge is 2.30. The predicted molar refractivity (Wildman–Crippen MR) is 159 cm³/mol. The SMILES string of the molecule is CCCN(CCC)CCN(CC1CC1)c1cc(C)nc2c1c1c(n2-c2c(C)cc(C)cc2C)CCCC1. The number of aryl methyl sites for hydroxylation is 5. The van der Waals surface area contributed by atoms with Crippen molar-refractivity contribution in [1.29, 1.82) is 0 Å². The molecule has 0 amide bonds. The van der Waals surface area contributed by atoms with E-state index in [1.54, 1.807) is 5.56 Å². The van der Waals surface area contributed by atoms with Gasteiger partial charge in [-0.2, -0.15) is 0 Å². The van der Waals surface area contributed by atoms with E-state index in [0.717, 1.165) is 31.1 Å². The van der Waals surface area contributed by atoms with Crippen molar-refractivity contribution in [3.05, 3.63) is 51.8 Å². The van der Waals surface area contributed by atoms with E-state index in [9.17, 15) is 0 Å². The largest absolute Gasteiger partial charge is 0.369 e. The van der Waals surface area contributed by atoms with E-state index >= 15 is 0 Å². The van der Waals surface area contributed by atoms with E-state index in [0.29, 0.717) is 0 Å². The third kappa shape index (κ3) is 5.46. The van der Waals surface area contributed by atoms with Crippen LogP contribution in [0.15, 0.2) is 18.2 Å². The van der Waals surface area contributed by atoms with Gasteiger partial charge in [0.25, 0.3) is 0 Å². The molecule has 3 aromatic rings. The predicted octanol–water partition coefficient (Wildman–Crippen LogP) is 7.48. The van der Waals surface area contributed by atoms with E-state index in [4.69, 9.17) is 4.98 Å². The number of rotatable bonds is 11. The van der Waals surface area contributed by atoms with Crippen molar-refractivity contribution in [2.45, 2.75) is 92.9 Å². The van der Waals surface area contributed by atoms with Gasteiger partial charge < -0.3 is 9.80 Å². The van der Waals surface area contributed by atoms with Gasteiger partial charge in [-0.05, 0) is 121 Å². The fourth-order valence-electron chi connectivity index (χ4n) is 6.79. The minimum Gasteiger partial charge on any atom is -0.369 e. The second kappa shape index (κ2) is 11.2. The number of fused-ring (bicyclic) bond motifs is 3. The number of aromatic nitrogens is 2. The quantitative estimate of drug-likeness (QED) is 0.273. The van der Waals surface area contributed by atoms with E-state index in [1.165, 1.54) is 109 Å². The van der Waals surface area contributed by atoms with Gasteiger partial charge in [0.1, 0.15) is 5.65 Å². The zero-order valence-corrected chi connectivity index (χ0v) is 24.3. The van der Waals surface area contributed by atoms with Crippen LogP contribution in [0.2, 0.25) is 0 Å². The van der Waals surface area contributed by atoms with Gasteiger partial charge in [0, 0.05) is 42.1 Å². The van der Waals surface area contributed by atoms with Gasteiger partial charge in [0.15, 0.2) is 0 Å². The zero-order valence-electron chi connectivity index (χ0n) is 24.3. The van der Waals surface area contributed by atoms with E-state index in [1.807, 2.05) is 0 Å². The summed E-state index contributed by atoms with van der Waals surface area (Å²) >= 11 is 0. The highest BCUT2D eigenvalue weighted by atomic mass is 15.2. The lowest BCUT2D eigenvalue weighted by molar-refractivity contribution is 0.279. The summed E-state index contributed by atoms with van der Waals surface area (Å²) in [4.78, 5) is 10.7. The molecule has 0 N–H and O–H groups in total. The molecule has 2 heterocycles. The Bertz CT molecular complexity index is 1220. The number of hydrogen-bond donors (Lipinski definition) is 0. The number of anilines is 1. The van der Waals surface area contributed by atoms with Gasteiger partial charge in [0.2, 0.25) is 0 Å². The maximum Gasteiger partial charge on any atom is 0.147 e. The molecule has 0 radical (unpaired) electrons. The summed E-state index contributed by atoms with van der Waals surface area (Å²) < 4.78 is 2.57. The number of hydrogen-bond acceptors (Lipinski definition) is 3. The second-order valence-electron chi connectivity index (χ2n) is 11.9. The molecule has 4 nitrogen and oxygen atoms in total. The lowest BCUT2D eigenvalue weighted by Crippen LogP contribution is -2.37. The standard InChI is InChI=1S/C33H48N4/c1-7-15-35(16-8-2)17-18-36(22-27-13-14-27)30-21-26(6)34-33-31(30)28-11-9-10-12-29(28)37(33)32-24(4)19-23(3)20-25(32)5/h19-21,27H,7-18,22H2,1-6H3. The molecule has 1 saturated carbocycles. The van der Waals surface area contributed by atoms with Crippen LogP contribution in [0.1, 0.15) is 86.0 Å². The van der Waals surface area contributed by atoms with Crippen LogP contribution in [0.25, 0.3) is 16.7 Å². The third-order valence-electron chi connectivity index (χ3n) is 8.47. The molecule has 5 rings (SSSR count). The Hall–Kier alpha value is -2.33. The van der Waals surface area contributed by atoms with Crippen molar-refractivity contribution in [2.24, 2.45) is 5.92 Å². The number of pyridine rings is 1. The highest BCUT2D eigenvalue weighted by molar-refractivity contribution is 5.96. The van der Waals surface area contributed by atoms with Crippen molar-refractivity contribution in [3.8, 4) is 5.69 Å². The summed E-state index contributed by atoms with van der Waals surface area (Å²) in [6, 6.07) is 7.09. The van der Waals surface area contributed by atoms with Crippen molar-refractivity contribution < 1.29 is 0 Å². The first kappa shape index (κ1) is 26.3. The molecule has 0 atom stereocenters. The summed E-state index contributed by atoms with van der Waals surface area (Å²) in [6.45, 7) is 19.4. The summed E-state index contributed by atoms with van der Waals surface area (Å²) in [6.07, 6.45) is 10.1. The lowest BCUT2D eigenvalue weighted by Gasteiger charge is -2.30. The van der Waals surface area contributed by atoms with Crippen LogP contribution in [0.5, 0.6) is 0 Å². The highest BCUT2D eigenvalue weighted by Crippen LogP contribution is 2.42. The third-order valence-corrected chi connectivity index (χ3v) is 8.47. The molecule has 2 aliphatic carbocycles. The van der Waals surface area contributed by atoms with E-state index in [-0.39, 0.29) is 0 Å². The first-order valence-electron chi connectivity index (χ1n) is 15.0. The van der Waals surface area contributed by atoms with Crippen molar-refractivity contribution in [1.82, 2.24) is 14.5 Å². The Morgan fingerprint density at radius 1 is 0.865 bits per heavy atom. The Kier molecular flexibility index (Phi) is 7.95. The first-order chi connectivity index (χ1) is 17.9. The molecule has 2 aromatic heterocycles. The Morgan fingerprint density at radius 2 is 1.54 bits per heavy atom. The maximum atomic E-state index is 5.28. The monoisotopic (exact) mass is 500 g/mol. The number of nitrogens with zero attached hydrogens (tertiary/aromatic N) is 4. The average molecular weight is 501 g/mol. The fraction of sp³-hybridized carbons (Fsp3) is 0.606. The minimum atomic E-state index is 0.855. The topological polar surface area (TPSA) is 24.3 Å². The lowest BCUT2D eigenvalue weighted by atomic mass is 9.94. The van der Waals surface area contributed by atoms with Gasteiger partial charge in [-0.15, -0.1) is 0 Å². The summed E-state index contributed by atoms with van der Waals surface area (Å²) in [5.41, 5.74) is 12.3. The molecular weight excluding hydrogens is 452 g/mol. The van der Waals surface area contributed by atoms with Crippen LogP contribution in [0.3, 0.4) is 0 Å². The second-order valence-corrected chi connectivity index (χ2v) is 11.9. The van der Waals surface area contributed by atoms with Crippen LogP contribution in [0, 0.1) is 33.6 Å². The molecule has 0 spiro atoms. The summed E-state index contributed by atoms with van der Waals surface area (Å²) in [7, 11) is 0. The molecule has 4 heteroatoms. The zero-order chi connectivity index (χ0) is 26.1. The van der Waals surface area contributed by atoms with Crippen LogP contribution < -0.4 is 4.90 Å². The summed E-state index contributed by atoms with van der Waals surface area (Å²) in [5, 5.41) is 1.44. The van der Waals surface area contributed by atoms with Gasteiger partial charge >= 0.3 is 0 Å². The van der Waals surface area contributed by atoms with Gasteiger partial charge in [0.05, 0.1) is 5.69 Å². The molecule has 1 aromatic carbocycles. The smallest absolute Gasteiger partial charge is 0.147 e. The van der Waals surface area contributed by atoms with Gasteiger partial charge in [-0.25, -0.2) is 4.98 Å². The number of benzene rings is 1. The molecule has 2 aliphatic rings. The van der Waals surface area contributed by atoms with E-state index < -0.39 is 0 Å². The normalized spacial score (nSPS) is 15.5. The first-order valence-corrected chi connectivity index (χ1v) is 15.0. The minimum absolute atomic E-state index is 0.855. The van der Waals surface area contributed by atoms with Gasteiger partial charge in [-0.1, -0.05) is 31.5 Å². The molecule has 37 heavy (non-hydrogen) atoms. The molecule has 200 valence electrons. The van der Waals surface area contributed by atoms with Crippen LogP contribution in [0.4, 0.5) is 5.69 Å². The summed E-state index contributed by atoms with van der Waals surface area (Å²) in [5.74, 6) is 0.855. The van der Waals surface area contributed by atoms with Crippen molar-refractivity contribution in [2.75, 3.05) is 37.6 Å². The van der Waals surface area contributed by atoms with Crippen molar-refractivity contribution in [3.63, 3.8) is 0 Å². The van der Waals surface area contributed by atoms with Gasteiger partial charge in [-0.3, -0.25) is 4.57 Å². The van der Waals surface area contributed by atoms with Crippen LogP contribution in [-0.2, 0) is 12.8 Å². The Morgan fingerprint density at radius 3 is 2.19 bits per heavy atom. The molecule has 1 fully saturated rings. The average Bonchev–Trinajstić information content (AvgIpc) is 3.62. The Balaban J connectivity index is 1.66. The van der Waals surface area contributed by atoms with Crippen molar-refractivity contribution >= 4 is 16.7 Å². The fourth-order valence-corrected chi connectivity index (χ4v) is 6.79. The molecule has 0 unspecified atom stereocenters. The molecule has 0 aliphatic heterocycles. The van der Waals surface area contributed by atoms with E-state index in [2.05, 4.69) is 74.1 Å². The Labute approximate surface area is 225 Å². The van der Waals surface area contributed by atoms with Crippen LogP contribution in [-0.4, -0.2) is 47.2 Å². The molecule has 0 bridgehead atoms. The van der Waals surface area contributed by atoms with Crippen LogP contribution >= 0.6 is 0 Å². The molecule has 0 saturated heterocycles.